The molecule has 1 aromatic carbocycles. The van der Waals surface area contributed by atoms with Crippen LogP contribution in [0.4, 0.5) is 0 Å². The number of carbonyl (C=O) groups is 1. The first kappa shape index (κ1) is 13.9. The average Bonchev–Trinajstić information content (AvgIpc) is 2.12. The third kappa shape index (κ3) is 2.95. The van der Waals surface area contributed by atoms with Crippen molar-refractivity contribution in [2.24, 2.45) is 0 Å². The van der Waals surface area contributed by atoms with Crippen molar-refractivity contribution < 1.29 is 23.1 Å². The Hall–Kier alpha value is -0.0918. The van der Waals surface area contributed by atoms with Gasteiger partial charge in [-0.15, -0.1) is 0 Å². The molecule has 0 radical (unpaired) electrons. The molecule has 0 aliphatic heterocycles. The molecule has 1 rings (SSSR count). The van der Waals surface area contributed by atoms with Crippen molar-refractivity contribution in [1.82, 2.24) is 0 Å². The second kappa shape index (κ2) is 5.71. The predicted molar refractivity (Wildman–Crippen MR) is 52.5 cm³/mol. The quantitative estimate of drug-likeness (QED) is 0.450. The van der Waals surface area contributed by atoms with E-state index in [1.54, 1.807) is 0 Å². The molecule has 0 heterocycles. The first-order valence-electron chi connectivity index (χ1n) is 3.22. The Kier molecular flexibility index (Phi) is 5.67. The summed E-state index contributed by atoms with van der Waals surface area (Å²) in [4.78, 5) is 10.9. The zero-order valence-electron chi connectivity index (χ0n) is 6.39. The number of benzene rings is 1. The first-order valence-corrected chi connectivity index (χ1v) is 4.56. The molecule has 0 atom stereocenters. The molecule has 0 aliphatic carbocycles. The first-order chi connectivity index (χ1) is 6.06. The molecular formula is C7H8NaO5Sb. The van der Waals surface area contributed by atoms with Crippen molar-refractivity contribution in [3.05, 3.63) is 17.7 Å². The van der Waals surface area contributed by atoms with Gasteiger partial charge < -0.3 is 0 Å². The van der Waals surface area contributed by atoms with Crippen LogP contribution < -0.4 is 0 Å². The van der Waals surface area contributed by atoms with Crippen molar-refractivity contribution >= 4 is 59.0 Å². The van der Waals surface area contributed by atoms with Gasteiger partial charge in [0.1, 0.15) is 0 Å². The summed E-state index contributed by atoms with van der Waals surface area (Å²) in [5, 5.41) is 27.0. The zero-order valence-corrected chi connectivity index (χ0v) is 9.69. The molecule has 14 heavy (non-hydrogen) atoms. The molecule has 0 aromatic heterocycles. The van der Waals surface area contributed by atoms with Gasteiger partial charge >= 0.3 is 117 Å². The van der Waals surface area contributed by atoms with Gasteiger partial charge in [0.25, 0.3) is 0 Å². The van der Waals surface area contributed by atoms with Crippen LogP contribution in [-0.2, 0) is 3.02 Å². The second-order valence-corrected chi connectivity index (χ2v) is 2.94. The Morgan fingerprint density at radius 2 is 1.64 bits per heavy atom. The number of aromatic hydroxyl groups is 3. The topological polar surface area (TPSA) is 87.0 Å². The Bertz CT molecular complexity index is 331. The van der Waals surface area contributed by atoms with Crippen LogP contribution in [0.2, 0.25) is 0 Å². The van der Waals surface area contributed by atoms with Crippen LogP contribution in [0.5, 0.6) is 17.2 Å². The van der Waals surface area contributed by atoms with E-state index >= 15 is 0 Å². The molecule has 0 unspecified atom stereocenters. The Morgan fingerprint density at radius 3 is 2.00 bits per heavy atom. The summed E-state index contributed by atoms with van der Waals surface area (Å²) in [5.41, 5.74) is 0.000370. The molecule has 5 nitrogen and oxygen atoms in total. The summed E-state index contributed by atoms with van der Waals surface area (Å²) in [7, 11) is 0. The summed E-state index contributed by atoms with van der Waals surface area (Å²) in [5.74, 6) is -2.40. The van der Waals surface area contributed by atoms with Crippen molar-refractivity contribution in [3.63, 3.8) is 0 Å². The van der Waals surface area contributed by atoms with Crippen LogP contribution in [0.3, 0.4) is 0 Å². The molecule has 3 N–H and O–H groups in total. The SMILES string of the molecule is O=C([O][SbH2])c1cc(O)c(O)c(O)c1.[NaH]. The van der Waals surface area contributed by atoms with Crippen molar-refractivity contribution in [1.29, 1.82) is 0 Å². The van der Waals surface area contributed by atoms with E-state index in [0.717, 1.165) is 12.1 Å². The van der Waals surface area contributed by atoms with Gasteiger partial charge in [-0.3, -0.25) is 0 Å². The Morgan fingerprint density at radius 1 is 1.21 bits per heavy atom. The normalized spacial score (nSPS) is 8.93. The molecule has 72 valence electrons. The third-order valence-electron chi connectivity index (χ3n) is 1.41. The summed E-state index contributed by atoms with van der Waals surface area (Å²) in [6.07, 6.45) is 0. The minimum atomic E-state index is -0.649. The monoisotopic (exact) mass is 316 g/mol. The van der Waals surface area contributed by atoms with Gasteiger partial charge in [-0.2, -0.15) is 0 Å². The summed E-state index contributed by atoms with van der Waals surface area (Å²) in [6.45, 7) is 0. The summed E-state index contributed by atoms with van der Waals surface area (Å²) >= 11 is 0.287. The van der Waals surface area contributed by atoms with E-state index in [4.69, 9.17) is 15.3 Å². The van der Waals surface area contributed by atoms with Gasteiger partial charge in [-0.1, -0.05) is 0 Å². The average molecular weight is 317 g/mol. The van der Waals surface area contributed by atoms with E-state index in [1.165, 1.54) is 0 Å². The number of phenols is 3. The molecule has 0 saturated heterocycles. The number of phenolic OH excluding ortho intramolecular Hbond substituents is 3. The fourth-order valence-electron chi connectivity index (χ4n) is 0.790. The van der Waals surface area contributed by atoms with Gasteiger partial charge in [0, 0.05) is 0 Å². The fraction of sp³-hybridized carbons (Fsp3) is 0. The number of hydrogen-bond donors (Lipinski definition) is 3. The molecular weight excluding hydrogens is 309 g/mol. The summed E-state index contributed by atoms with van der Waals surface area (Å²) < 4.78 is 4.47. The second-order valence-electron chi connectivity index (χ2n) is 2.27. The Balaban J connectivity index is 0.00000169. The van der Waals surface area contributed by atoms with Crippen LogP contribution in [0.25, 0.3) is 0 Å². The number of rotatable bonds is 1. The van der Waals surface area contributed by atoms with E-state index in [2.05, 4.69) is 3.02 Å². The molecule has 0 spiro atoms. The van der Waals surface area contributed by atoms with Gasteiger partial charge in [0.05, 0.1) is 0 Å². The standard InChI is InChI=1S/C7H6O5.Na.Sb.3H/c8-4-1-3(7(11)12)2-5(9)6(4)10;;;;;/h1-2,8-10H,(H,11,12);;;;;/q;;+1;;;/p-1. The molecule has 0 saturated carbocycles. The fourth-order valence-corrected chi connectivity index (χ4v) is 1.18. The molecule has 0 fully saturated rings. The third-order valence-corrected chi connectivity index (χ3v) is 2.02. The van der Waals surface area contributed by atoms with Crippen molar-refractivity contribution in [2.75, 3.05) is 0 Å². The van der Waals surface area contributed by atoms with Gasteiger partial charge in [-0.05, 0) is 0 Å². The molecule has 0 bridgehead atoms. The van der Waals surface area contributed by atoms with Crippen LogP contribution in [0.15, 0.2) is 12.1 Å². The van der Waals surface area contributed by atoms with Crippen LogP contribution in [0.1, 0.15) is 10.4 Å². The molecule has 1 aromatic rings. The molecule has 0 aliphatic rings. The summed E-state index contributed by atoms with van der Waals surface area (Å²) in [6, 6.07) is 2.04. The number of hydrogen-bond acceptors (Lipinski definition) is 5. The number of carbonyl (C=O) groups excluding carboxylic acids is 1. The van der Waals surface area contributed by atoms with E-state index in [-0.39, 0.29) is 58.6 Å². The van der Waals surface area contributed by atoms with Crippen LogP contribution in [-0.4, -0.2) is 74.3 Å². The zero-order chi connectivity index (χ0) is 10.0. The van der Waals surface area contributed by atoms with E-state index < -0.39 is 23.2 Å². The van der Waals surface area contributed by atoms with Crippen molar-refractivity contribution in [2.45, 2.75) is 0 Å². The van der Waals surface area contributed by atoms with Gasteiger partial charge in [0.2, 0.25) is 0 Å². The van der Waals surface area contributed by atoms with Crippen molar-refractivity contribution in [3.8, 4) is 17.2 Å². The minimum absolute atomic E-state index is 0. The van der Waals surface area contributed by atoms with Crippen LogP contribution >= 0.6 is 0 Å². The maximum atomic E-state index is 10.9. The van der Waals surface area contributed by atoms with E-state index in [9.17, 15) is 4.79 Å². The van der Waals surface area contributed by atoms with E-state index in [1.807, 2.05) is 0 Å². The Labute approximate surface area is 116 Å². The molecule has 7 heteroatoms. The van der Waals surface area contributed by atoms with Gasteiger partial charge in [-0.25, -0.2) is 0 Å². The van der Waals surface area contributed by atoms with Crippen LogP contribution in [0, 0.1) is 0 Å². The van der Waals surface area contributed by atoms with Gasteiger partial charge in [0.15, 0.2) is 0 Å². The maximum absolute atomic E-state index is 10.9. The predicted octanol–water partition coefficient (Wildman–Crippen LogP) is -1.14. The molecule has 0 amide bonds. The van der Waals surface area contributed by atoms with E-state index in [0.29, 0.717) is 0 Å².